The highest BCUT2D eigenvalue weighted by atomic mass is 79.9. The lowest BCUT2D eigenvalue weighted by Gasteiger charge is -2.32. The second-order valence-corrected chi connectivity index (χ2v) is 6.68. The maximum atomic E-state index is 12.8. The third kappa shape index (κ3) is 3.94. The highest BCUT2D eigenvalue weighted by Gasteiger charge is 2.25. The van der Waals surface area contributed by atoms with Crippen LogP contribution in [0.1, 0.15) is 23.2 Å². The van der Waals surface area contributed by atoms with Gasteiger partial charge in [-0.2, -0.15) is 0 Å². The topological polar surface area (TPSA) is 54.5 Å². The standard InChI is InChI=1S/C18H20BrN3O2/c1-20-14-8-11-22(12-9-14)18(23)16-3-2-10-21-17(16)24-15-6-4-13(19)5-7-15/h2-7,10,14,20H,8-9,11-12H2,1H3. The summed E-state index contributed by atoms with van der Waals surface area (Å²) in [7, 11) is 1.97. The summed E-state index contributed by atoms with van der Waals surface area (Å²) < 4.78 is 6.80. The number of carbonyl (C=O) groups is 1. The van der Waals surface area contributed by atoms with E-state index in [4.69, 9.17) is 4.74 Å². The molecule has 5 nitrogen and oxygen atoms in total. The number of amides is 1. The summed E-state index contributed by atoms with van der Waals surface area (Å²) >= 11 is 3.39. The first-order valence-electron chi connectivity index (χ1n) is 8.02. The number of hydrogen-bond donors (Lipinski definition) is 1. The summed E-state index contributed by atoms with van der Waals surface area (Å²) in [6.07, 6.45) is 3.56. The number of aromatic nitrogens is 1. The number of rotatable bonds is 4. The number of likely N-dealkylation sites (tertiary alicyclic amines) is 1. The molecule has 0 spiro atoms. The lowest BCUT2D eigenvalue weighted by Crippen LogP contribution is -2.44. The molecule has 0 saturated carbocycles. The molecular weight excluding hydrogens is 370 g/mol. The van der Waals surface area contributed by atoms with Crippen LogP contribution in [0.4, 0.5) is 0 Å². The minimum absolute atomic E-state index is 0.0234. The molecule has 0 aliphatic carbocycles. The Kier molecular flexibility index (Phi) is 5.48. The Morgan fingerprint density at radius 1 is 1.25 bits per heavy atom. The van der Waals surface area contributed by atoms with Crippen LogP contribution in [0.5, 0.6) is 11.6 Å². The van der Waals surface area contributed by atoms with Crippen LogP contribution in [0.25, 0.3) is 0 Å². The largest absolute Gasteiger partial charge is 0.438 e. The Hall–Kier alpha value is -1.92. The highest BCUT2D eigenvalue weighted by molar-refractivity contribution is 9.10. The van der Waals surface area contributed by atoms with Gasteiger partial charge in [-0.15, -0.1) is 0 Å². The molecule has 1 aliphatic heterocycles. The van der Waals surface area contributed by atoms with Crippen LogP contribution in [-0.2, 0) is 0 Å². The van der Waals surface area contributed by atoms with Crippen LogP contribution >= 0.6 is 15.9 Å². The first-order chi connectivity index (χ1) is 11.7. The average molecular weight is 390 g/mol. The summed E-state index contributed by atoms with van der Waals surface area (Å²) in [6, 6.07) is 11.5. The van der Waals surface area contributed by atoms with E-state index in [-0.39, 0.29) is 5.91 Å². The van der Waals surface area contributed by atoms with E-state index < -0.39 is 0 Å². The first kappa shape index (κ1) is 16.9. The molecule has 2 aromatic rings. The third-order valence-electron chi connectivity index (χ3n) is 4.22. The van der Waals surface area contributed by atoms with E-state index in [0.717, 1.165) is 30.4 Å². The number of halogens is 1. The van der Waals surface area contributed by atoms with Crippen molar-refractivity contribution in [3.63, 3.8) is 0 Å². The molecule has 1 aliphatic rings. The number of benzene rings is 1. The van der Waals surface area contributed by atoms with E-state index >= 15 is 0 Å². The lowest BCUT2D eigenvalue weighted by atomic mass is 10.0. The van der Waals surface area contributed by atoms with E-state index in [1.165, 1.54) is 0 Å². The molecular formula is C18H20BrN3O2. The van der Waals surface area contributed by atoms with Crippen LogP contribution in [-0.4, -0.2) is 42.0 Å². The van der Waals surface area contributed by atoms with E-state index in [9.17, 15) is 4.79 Å². The molecule has 24 heavy (non-hydrogen) atoms. The number of nitrogens with one attached hydrogen (secondary N) is 1. The summed E-state index contributed by atoms with van der Waals surface area (Å²) in [5, 5.41) is 3.27. The van der Waals surface area contributed by atoms with E-state index in [0.29, 0.717) is 23.2 Å². The van der Waals surface area contributed by atoms with Crippen molar-refractivity contribution < 1.29 is 9.53 Å². The molecule has 1 amide bonds. The Labute approximate surface area is 150 Å². The summed E-state index contributed by atoms with van der Waals surface area (Å²) in [5.41, 5.74) is 0.503. The van der Waals surface area contributed by atoms with Crippen molar-refractivity contribution in [3.05, 3.63) is 52.6 Å². The molecule has 6 heteroatoms. The predicted octanol–water partition coefficient (Wildman–Crippen LogP) is 3.46. The van der Waals surface area contributed by atoms with Gasteiger partial charge in [0.1, 0.15) is 11.3 Å². The second-order valence-electron chi connectivity index (χ2n) is 5.77. The molecule has 0 atom stereocenters. The quantitative estimate of drug-likeness (QED) is 0.869. The maximum Gasteiger partial charge on any atom is 0.259 e. The summed E-state index contributed by atoms with van der Waals surface area (Å²) in [4.78, 5) is 19.0. The van der Waals surface area contributed by atoms with E-state index in [1.54, 1.807) is 18.3 Å². The molecule has 1 fully saturated rings. The van der Waals surface area contributed by atoms with Crippen molar-refractivity contribution in [1.82, 2.24) is 15.2 Å². The Bertz CT molecular complexity index is 698. The number of carbonyl (C=O) groups excluding carboxylic acids is 1. The number of piperidine rings is 1. The zero-order valence-corrected chi connectivity index (χ0v) is 15.1. The fourth-order valence-electron chi connectivity index (χ4n) is 2.79. The molecule has 0 radical (unpaired) electrons. The van der Waals surface area contributed by atoms with Crippen molar-refractivity contribution in [1.29, 1.82) is 0 Å². The van der Waals surface area contributed by atoms with Gasteiger partial charge in [0.25, 0.3) is 5.91 Å². The third-order valence-corrected chi connectivity index (χ3v) is 4.75. The molecule has 0 unspecified atom stereocenters. The maximum absolute atomic E-state index is 12.8. The zero-order valence-electron chi connectivity index (χ0n) is 13.5. The number of hydrogen-bond acceptors (Lipinski definition) is 4. The van der Waals surface area contributed by atoms with Gasteiger partial charge in [-0.25, -0.2) is 4.98 Å². The fraction of sp³-hybridized carbons (Fsp3) is 0.333. The molecule has 2 heterocycles. The normalized spacial score (nSPS) is 15.3. The van der Waals surface area contributed by atoms with Gasteiger partial charge in [0, 0.05) is 29.8 Å². The van der Waals surface area contributed by atoms with E-state index in [2.05, 4.69) is 26.2 Å². The minimum Gasteiger partial charge on any atom is -0.438 e. The molecule has 3 rings (SSSR count). The van der Waals surface area contributed by atoms with Gasteiger partial charge in [-0.1, -0.05) is 15.9 Å². The van der Waals surface area contributed by atoms with Crippen molar-refractivity contribution in [2.45, 2.75) is 18.9 Å². The highest BCUT2D eigenvalue weighted by Crippen LogP contribution is 2.26. The molecule has 1 saturated heterocycles. The zero-order chi connectivity index (χ0) is 16.9. The predicted molar refractivity (Wildman–Crippen MR) is 96.4 cm³/mol. The van der Waals surface area contributed by atoms with Crippen LogP contribution < -0.4 is 10.1 Å². The molecule has 1 aromatic heterocycles. The number of pyridine rings is 1. The van der Waals surface area contributed by atoms with Gasteiger partial charge in [-0.05, 0) is 56.3 Å². The Morgan fingerprint density at radius 3 is 2.62 bits per heavy atom. The van der Waals surface area contributed by atoms with Crippen molar-refractivity contribution in [3.8, 4) is 11.6 Å². The van der Waals surface area contributed by atoms with Crippen molar-refractivity contribution in [2.24, 2.45) is 0 Å². The molecule has 1 aromatic carbocycles. The second kappa shape index (κ2) is 7.77. The Balaban J connectivity index is 1.76. The van der Waals surface area contributed by atoms with Crippen molar-refractivity contribution in [2.75, 3.05) is 20.1 Å². The SMILES string of the molecule is CNC1CCN(C(=O)c2cccnc2Oc2ccc(Br)cc2)CC1. The summed E-state index contributed by atoms with van der Waals surface area (Å²) in [6.45, 7) is 1.49. The first-order valence-corrected chi connectivity index (χ1v) is 8.81. The Morgan fingerprint density at radius 2 is 1.96 bits per heavy atom. The van der Waals surface area contributed by atoms with Crippen LogP contribution in [0.3, 0.4) is 0 Å². The molecule has 0 bridgehead atoms. The van der Waals surface area contributed by atoms with Gasteiger partial charge in [0.05, 0.1) is 0 Å². The average Bonchev–Trinajstić information content (AvgIpc) is 2.63. The lowest BCUT2D eigenvalue weighted by molar-refractivity contribution is 0.0704. The van der Waals surface area contributed by atoms with Gasteiger partial charge in [-0.3, -0.25) is 4.79 Å². The van der Waals surface area contributed by atoms with Crippen molar-refractivity contribution >= 4 is 21.8 Å². The monoisotopic (exact) mass is 389 g/mol. The molecule has 1 N–H and O–H groups in total. The van der Waals surface area contributed by atoms with Gasteiger partial charge in [0.15, 0.2) is 0 Å². The van der Waals surface area contributed by atoms with Gasteiger partial charge in [0.2, 0.25) is 5.88 Å². The van der Waals surface area contributed by atoms with E-state index in [1.807, 2.05) is 36.2 Å². The van der Waals surface area contributed by atoms with Crippen LogP contribution in [0, 0.1) is 0 Å². The van der Waals surface area contributed by atoms with Gasteiger partial charge >= 0.3 is 0 Å². The number of nitrogens with zero attached hydrogens (tertiary/aromatic N) is 2. The molecule has 126 valence electrons. The van der Waals surface area contributed by atoms with Crippen LogP contribution in [0.15, 0.2) is 47.1 Å². The fourth-order valence-corrected chi connectivity index (χ4v) is 3.06. The smallest absolute Gasteiger partial charge is 0.259 e. The summed E-state index contributed by atoms with van der Waals surface area (Å²) in [5.74, 6) is 0.977. The number of ether oxygens (including phenoxy) is 1. The minimum atomic E-state index is -0.0234. The van der Waals surface area contributed by atoms with Crippen LogP contribution in [0.2, 0.25) is 0 Å². The van der Waals surface area contributed by atoms with Gasteiger partial charge < -0.3 is 15.0 Å².